The zero-order valence-electron chi connectivity index (χ0n) is 14.2. The van der Waals surface area contributed by atoms with Gasteiger partial charge in [-0.15, -0.1) is 0 Å². The highest BCUT2D eigenvalue weighted by atomic mass is 16.5. The molecule has 2 aromatic heterocycles. The van der Waals surface area contributed by atoms with Crippen LogP contribution in [0.2, 0.25) is 0 Å². The van der Waals surface area contributed by atoms with Crippen LogP contribution in [0.5, 0.6) is 5.75 Å². The van der Waals surface area contributed by atoms with Crippen LogP contribution < -0.4 is 4.74 Å². The number of hydrogen-bond acceptors (Lipinski definition) is 2. The summed E-state index contributed by atoms with van der Waals surface area (Å²) in [5, 5.41) is 1.33. The molecule has 1 aliphatic carbocycles. The third kappa shape index (κ3) is 2.91. The van der Waals surface area contributed by atoms with Crippen LogP contribution in [-0.4, -0.2) is 16.7 Å². The number of rotatable bonds is 4. The van der Waals surface area contributed by atoms with E-state index in [1.165, 1.54) is 48.6 Å². The molecule has 0 aliphatic heterocycles. The molecule has 0 spiro atoms. The molecule has 1 aromatic carbocycles. The van der Waals surface area contributed by atoms with E-state index < -0.39 is 0 Å². The van der Waals surface area contributed by atoms with Crippen LogP contribution >= 0.6 is 0 Å². The molecule has 3 aromatic rings. The summed E-state index contributed by atoms with van der Waals surface area (Å²) in [7, 11) is 1.70. The van der Waals surface area contributed by atoms with Gasteiger partial charge in [-0.1, -0.05) is 31.4 Å². The fourth-order valence-corrected chi connectivity index (χ4v) is 3.94. The lowest BCUT2D eigenvalue weighted by Crippen LogP contribution is -2.04. The van der Waals surface area contributed by atoms with Gasteiger partial charge in [-0.25, -0.2) is 4.98 Å². The fraction of sp³-hybridized carbons (Fsp3) is 0.381. The Balaban J connectivity index is 1.69. The van der Waals surface area contributed by atoms with E-state index in [0.717, 1.165) is 17.9 Å². The van der Waals surface area contributed by atoms with Gasteiger partial charge < -0.3 is 9.30 Å². The monoisotopic (exact) mass is 320 g/mol. The highest BCUT2D eigenvalue weighted by Gasteiger charge is 2.20. The largest absolute Gasteiger partial charge is 0.497 e. The summed E-state index contributed by atoms with van der Waals surface area (Å²) >= 11 is 0. The summed E-state index contributed by atoms with van der Waals surface area (Å²) in [6.45, 7) is 0.851. The Hall–Kier alpha value is -2.29. The fourth-order valence-electron chi connectivity index (χ4n) is 3.94. The molecule has 2 heterocycles. The smallest absolute Gasteiger partial charge is 0.140 e. The minimum Gasteiger partial charge on any atom is -0.497 e. The highest BCUT2D eigenvalue weighted by Crippen LogP contribution is 2.37. The van der Waals surface area contributed by atoms with E-state index >= 15 is 0 Å². The zero-order valence-corrected chi connectivity index (χ0v) is 14.2. The van der Waals surface area contributed by atoms with E-state index in [-0.39, 0.29) is 0 Å². The number of hydrogen-bond donors (Lipinski definition) is 0. The van der Waals surface area contributed by atoms with Crippen LogP contribution in [0.4, 0.5) is 0 Å². The van der Waals surface area contributed by atoms with E-state index in [1.54, 1.807) is 7.11 Å². The lowest BCUT2D eigenvalue weighted by molar-refractivity contribution is 0.414. The molecule has 3 heteroatoms. The number of benzene rings is 1. The molecule has 4 rings (SSSR count). The summed E-state index contributed by atoms with van der Waals surface area (Å²) in [5.74, 6) is 1.60. The first-order chi connectivity index (χ1) is 11.8. The number of pyridine rings is 1. The van der Waals surface area contributed by atoms with Crippen LogP contribution in [0, 0.1) is 0 Å². The Morgan fingerprint density at radius 1 is 1.08 bits per heavy atom. The van der Waals surface area contributed by atoms with Gasteiger partial charge in [0.1, 0.15) is 11.4 Å². The minimum absolute atomic E-state index is 0.697. The lowest BCUT2D eigenvalue weighted by atomic mass is 9.84. The van der Waals surface area contributed by atoms with Gasteiger partial charge in [-0.3, -0.25) is 0 Å². The van der Waals surface area contributed by atoms with Crippen molar-refractivity contribution in [3.63, 3.8) is 0 Å². The third-order valence-electron chi connectivity index (χ3n) is 5.22. The molecule has 0 atom stereocenters. The Bertz CT molecular complexity index is 813. The third-order valence-corrected chi connectivity index (χ3v) is 5.22. The van der Waals surface area contributed by atoms with Gasteiger partial charge in [0.2, 0.25) is 0 Å². The van der Waals surface area contributed by atoms with Crippen molar-refractivity contribution in [2.45, 2.75) is 44.6 Å². The standard InChI is InChI=1S/C21H24N2O/c1-24-18-11-9-16(10-12-18)14-23-15-20(17-6-3-2-4-7-17)19-8-5-13-22-21(19)23/h5,8-13,15,17H,2-4,6-7,14H2,1H3. The molecular formula is C21H24N2O. The average Bonchev–Trinajstić information content (AvgIpc) is 3.02. The van der Waals surface area contributed by atoms with E-state index in [2.05, 4.69) is 40.0 Å². The van der Waals surface area contributed by atoms with Crippen LogP contribution in [0.1, 0.15) is 49.1 Å². The first kappa shape index (κ1) is 15.3. The average molecular weight is 320 g/mol. The molecule has 0 N–H and O–H groups in total. The van der Waals surface area contributed by atoms with Crippen molar-refractivity contribution in [3.8, 4) is 5.75 Å². The Morgan fingerprint density at radius 2 is 1.88 bits per heavy atom. The van der Waals surface area contributed by atoms with Crippen LogP contribution in [-0.2, 0) is 6.54 Å². The van der Waals surface area contributed by atoms with E-state index in [9.17, 15) is 0 Å². The lowest BCUT2D eigenvalue weighted by Gasteiger charge is -2.21. The van der Waals surface area contributed by atoms with Crippen LogP contribution in [0.25, 0.3) is 11.0 Å². The molecular weight excluding hydrogens is 296 g/mol. The van der Waals surface area contributed by atoms with Crippen molar-refractivity contribution in [2.24, 2.45) is 0 Å². The molecule has 1 saturated carbocycles. The molecule has 124 valence electrons. The molecule has 0 unspecified atom stereocenters. The van der Waals surface area contributed by atoms with Gasteiger partial charge >= 0.3 is 0 Å². The van der Waals surface area contributed by atoms with Crippen molar-refractivity contribution < 1.29 is 4.74 Å². The first-order valence-electron chi connectivity index (χ1n) is 8.92. The summed E-state index contributed by atoms with van der Waals surface area (Å²) in [6, 6.07) is 12.6. The zero-order chi connectivity index (χ0) is 16.4. The second-order valence-corrected chi connectivity index (χ2v) is 6.77. The summed E-state index contributed by atoms with van der Waals surface area (Å²) < 4.78 is 7.56. The number of fused-ring (bicyclic) bond motifs is 1. The molecule has 24 heavy (non-hydrogen) atoms. The quantitative estimate of drug-likeness (QED) is 0.665. The van der Waals surface area contributed by atoms with Gasteiger partial charge in [-0.2, -0.15) is 0 Å². The molecule has 0 saturated heterocycles. The van der Waals surface area contributed by atoms with E-state index in [4.69, 9.17) is 4.74 Å². The van der Waals surface area contributed by atoms with E-state index in [0.29, 0.717) is 5.92 Å². The van der Waals surface area contributed by atoms with Crippen LogP contribution in [0.15, 0.2) is 48.8 Å². The normalized spacial score (nSPS) is 15.7. The SMILES string of the molecule is COc1ccc(Cn2cc(C3CCCCC3)c3cccnc32)cc1. The van der Waals surface area contributed by atoms with Crippen molar-refractivity contribution in [1.29, 1.82) is 0 Å². The van der Waals surface area contributed by atoms with Crippen molar-refractivity contribution in [2.75, 3.05) is 7.11 Å². The first-order valence-corrected chi connectivity index (χ1v) is 8.92. The minimum atomic E-state index is 0.697. The molecule has 1 fully saturated rings. The Labute approximate surface area is 143 Å². The van der Waals surface area contributed by atoms with Gasteiger partial charge in [-0.05, 0) is 54.2 Å². The van der Waals surface area contributed by atoms with Crippen molar-refractivity contribution in [1.82, 2.24) is 9.55 Å². The highest BCUT2D eigenvalue weighted by molar-refractivity contribution is 5.81. The Kier molecular flexibility index (Phi) is 4.24. The predicted molar refractivity (Wildman–Crippen MR) is 97.7 cm³/mol. The van der Waals surface area contributed by atoms with Crippen molar-refractivity contribution in [3.05, 3.63) is 59.9 Å². The van der Waals surface area contributed by atoms with E-state index in [1.807, 2.05) is 18.3 Å². The van der Waals surface area contributed by atoms with Gasteiger partial charge in [0.25, 0.3) is 0 Å². The topological polar surface area (TPSA) is 27.1 Å². The predicted octanol–water partition coefficient (Wildman–Crippen LogP) is 5.14. The second kappa shape index (κ2) is 6.68. The summed E-state index contributed by atoms with van der Waals surface area (Å²) in [4.78, 5) is 4.66. The Morgan fingerprint density at radius 3 is 2.62 bits per heavy atom. The maximum Gasteiger partial charge on any atom is 0.140 e. The molecule has 0 bridgehead atoms. The summed E-state index contributed by atoms with van der Waals surface area (Å²) in [5.41, 5.74) is 3.87. The van der Waals surface area contributed by atoms with Gasteiger partial charge in [0.05, 0.1) is 7.11 Å². The molecule has 0 radical (unpaired) electrons. The number of nitrogens with zero attached hydrogens (tertiary/aromatic N) is 2. The molecule has 1 aliphatic rings. The number of aromatic nitrogens is 2. The van der Waals surface area contributed by atoms with Gasteiger partial charge in [0, 0.05) is 24.3 Å². The number of methoxy groups -OCH3 is 1. The van der Waals surface area contributed by atoms with Crippen molar-refractivity contribution >= 4 is 11.0 Å². The molecule has 3 nitrogen and oxygen atoms in total. The van der Waals surface area contributed by atoms with Gasteiger partial charge in [0.15, 0.2) is 0 Å². The number of ether oxygens (including phenoxy) is 1. The second-order valence-electron chi connectivity index (χ2n) is 6.77. The molecule has 0 amide bonds. The summed E-state index contributed by atoms with van der Waals surface area (Å²) in [6.07, 6.45) is 11.0. The maximum absolute atomic E-state index is 5.25. The van der Waals surface area contributed by atoms with Crippen LogP contribution in [0.3, 0.4) is 0 Å². The maximum atomic E-state index is 5.25.